The van der Waals surface area contributed by atoms with Gasteiger partial charge < -0.3 is 15.3 Å². The summed E-state index contributed by atoms with van der Waals surface area (Å²) in [5.74, 6) is -1.62. The molecule has 0 aliphatic heterocycles. The number of hydrogen-bond acceptors (Lipinski definition) is 4. The summed E-state index contributed by atoms with van der Waals surface area (Å²) in [7, 11) is 0. The van der Waals surface area contributed by atoms with Gasteiger partial charge >= 0.3 is 5.97 Å². The van der Waals surface area contributed by atoms with E-state index in [2.05, 4.69) is 47.3 Å². The van der Waals surface area contributed by atoms with E-state index < -0.39 is 46.3 Å². The number of carboxylic acid groups (broad SMARTS) is 1. The van der Waals surface area contributed by atoms with Crippen molar-refractivity contribution in [3.63, 3.8) is 0 Å². The molecule has 0 radical (unpaired) electrons. The molecular formula is C31H46O5. The van der Waals surface area contributed by atoms with Gasteiger partial charge in [-0.3, -0.25) is 9.59 Å². The number of carbonyl (C=O) groups is 2. The Morgan fingerprint density at radius 1 is 1.14 bits per heavy atom. The van der Waals surface area contributed by atoms with Crippen molar-refractivity contribution in [2.75, 3.05) is 0 Å². The van der Waals surface area contributed by atoms with Crippen molar-refractivity contribution in [1.29, 1.82) is 0 Å². The maximum atomic E-state index is 12.8. The first-order valence-electron chi connectivity index (χ1n) is 13.8. The highest BCUT2D eigenvalue weighted by atomic mass is 16.4. The van der Waals surface area contributed by atoms with Gasteiger partial charge in [-0.1, -0.05) is 72.8 Å². The molecule has 0 aromatic carbocycles. The molecule has 2 fully saturated rings. The molecule has 0 spiro atoms. The Labute approximate surface area is 216 Å². The fraction of sp³-hybridized carbons (Fsp3) is 0.742. The van der Waals surface area contributed by atoms with Gasteiger partial charge in [0.1, 0.15) is 5.78 Å². The van der Waals surface area contributed by atoms with Crippen molar-refractivity contribution < 1.29 is 24.9 Å². The molecule has 200 valence electrons. The number of carboxylic acids is 1. The van der Waals surface area contributed by atoms with E-state index in [1.54, 1.807) is 0 Å². The SMILES string of the molecule is C=C(CC[C@@H](C(=O)O)[C@H]1[C@H](O)C[C@@]2(C)C3=C[C@H](O)[C@H]4C(C)(C)C(=O)CC[C@]4(C)C3=CC[C@]12C)C(C)C. The Morgan fingerprint density at radius 2 is 1.78 bits per heavy atom. The van der Waals surface area contributed by atoms with Gasteiger partial charge in [0.05, 0.1) is 18.1 Å². The molecule has 0 unspecified atom stereocenters. The number of carbonyl (C=O) groups excluding carboxylic acids is 1. The standard InChI is InChI=1S/C31H46O5/c1-17(2)18(3)9-10-19(27(35)36)25-23(33)16-31(8)21-15-22(32)26-28(4,5)24(34)12-13-29(26,6)20(21)11-14-30(25,31)7/h11,15,17,19,22-23,25-26,32-33H,3,9-10,12-14,16H2,1-2,4-8H3,(H,35,36)/t19-,22+,23-,25+,26+,29-,30-,31+/m1/s1. The minimum atomic E-state index is -0.854. The molecule has 4 aliphatic rings. The molecule has 36 heavy (non-hydrogen) atoms. The Bertz CT molecular complexity index is 1030. The first-order chi connectivity index (χ1) is 16.5. The number of aliphatic hydroxyl groups excluding tert-OH is 2. The van der Waals surface area contributed by atoms with Gasteiger partial charge in [-0.05, 0) is 60.0 Å². The Morgan fingerprint density at radius 3 is 2.36 bits per heavy atom. The van der Waals surface area contributed by atoms with Crippen molar-refractivity contribution in [2.24, 2.45) is 45.3 Å². The summed E-state index contributed by atoms with van der Waals surface area (Å²) >= 11 is 0. The molecule has 0 heterocycles. The van der Waals surface area contributed by atoms with Crippen LogP contribution in [0.5, 0.6) is 0 Å². The summed E-state index contributed by atoms with van der Waals surface area (Å²) in [4.78, 5) is 25.4. The number of rotatable bonds is 6. The number of hydrogen-bond donors (Lipinski definition) is 3. The lowest BCUT2D eigenvalue weighted by molar-refractivity contribution is -0.148. The van der Waals surface area contributed by atoms with Crippen LogP contribution in [0.2, 0.25) is 0 Å². The molecule has 2 saturated carbocycles. The molecule has 0 amide bonds. The zero-order valence-corrected chi connectivity index (χ0v) is 23.2. The normalized spacial score (nSPS) is 42.1. The van der Waals surface area contributed by atoms with Gasteiger partial charge in [0, 0.05) is 29.1 Å². The predicted molar refractivity (Wildman–Crippen MR) is 141 cm³/mol. The average Bonchev–Trinajstić information content (AvgIpc) is 2.97. The number of aliphatic hydroxyl groups is 2. The van der Waals surface area contributed by atoms with Crippen LogP contribution in [0.15, 0.2) is 35.5 Å². The summed E-state index contributed by atoms with van der Waals surface area (Å²) in [6, 6.07) is 0. The lowest BCUT2D eigenvalue weighted by Crippen LogP contribution is -2.57. The van der Waals surface area contributed by atoms with Crippen molar-refractivity contribution in [1.82, 2.24) is 0 Å². The van der Waals surface area contributed by atoms with Gasteiger partial charge in [0.2, 0.25) is 0 Å². The second kappa shape index (κ2) is 8.66. The van der Waals surface area contributed by atoms with Crippen LogP contribution in [0, 0.1) is 45.3 Å². The highest BCUT2D eigenvalue weighted by molar-refractivity contribution is 5.86. The molecule has 5 nitrogen and oxygen atoms in total. The zero-order chi connectivity index (χ0) is 27.0. The van der Waals surface area contributed by atoms with Crippen molar-refractivity contribution in [3.8, 4) is 0 Å². The average molecular weight is 499 g/mol. The monoisotopic (exact) mass is 498 g/mol. The second-order valence-corrected chi connectivity index (χ2v) is 13.8. The maximum Gasteiger partial charge on any atom is 0.306 e. The molecule has 0 saturated heterocycles. The number of fused-ring (bicyclic) bond motifs is 5. The fourth-order valence-corrected chi connectivity index (χ4v) is 8.88. The summed E-state index contributed by atoms with van der Waals surface area (Å²) in [5, 5.41) is 33.3. The lowest BCUT2D eigenvalue weighted by atomic mass is 9.43. The molecule has 8 atom stereocenters. The van der Waals surface area contributed by atoms with Crippen molar-refractivity contribution in [3.05, 3.63) is 35.5 Å². The van der Waals surface area contributed by atoms with Gasteiger partial charge in [0.15, 0.2) is 0 Å². The van der Waals surface area contributed by atoms with Crippen LogP contribution in [0.3, 0.4) is 0 Å². The van der Waals surface area contributed by atoms with E-state index in [4.69, 9.17) is 0 Å². The Hall–Kier alpha value is -1.72. The van der Waals surface area contributed by atoms with Crippen LogP contribution in [0.1, 0.15) is 87.0 Å². The number of allylic oxidation sites excluding steroid dienone is 4. The third kappa shape index (κ3) is 3.63. The van der Waals surface area contributed by atoms with E-state index >= 15 is 0 Å². The fourth-order valence-electron chi connectivity index (χ4n) is 8.88. The molecule has 0 aromatic rings. The number of Topliss-reactive ketones (excluding diaryl/α,β-unsaturated/α-hetero) is 1. The topological polar surface area (TPSA) is 94.8 Å². The Balaban J connectivity index is 1.77. The number of aliphatic carboxylic acids is 1. The first kappa shape index (κ1) is 27.3. The van der Waals surface area contributed by atoms with E-state index in [0.717, 1.165) is 11.1 Å². The largest absolute Gasteiger partial charge is 0.481 e. The van der Waals surface area contributed by atoms with Gasteiger partial charge in [-0.15, -0.1) is 0 Å². The zero-order valence-electron chi connectivity index (χ0n) is 23.2. The van der Waals surface area contributed by atoms with Gasteiger partial charge in [-0.2, -0.15) is 0 Å². The molecule has 0 aromatic heterocycles. The smallest absolute Gasteiger partial charge is 0.306 e. The van der Waals surface area contributed by atoms with Crippen molar-refractivity contribution in [2.45, 2.75) is 99.2 Å². The van der Waals surface area contributed by atoms with Crippen LogP contribution < -0.4 is 0 Å². The highest BCUT2D eigenvalue weighted by Gasteiger charge is 2.67. The Kier molecular flexibility index (Phi) is 6.57. The van der Waals surface area contributed by atoms with Crippen LogP contribution >= 0.6 is 0 Å². The summed E-state index contributed by atoms with van der Waals surface area (Å²) in [6.45, 7) is 18.7. The third-order valence-electron chi connectivity index (χ3n) is 11.3. The first-order valence-corrected chi connectivity index (χ1v) is 13.8. The highest BCUT2D eigenvalue weighted by Crippen LogP contribution is 2.71. The van der Waals surface area contributed by atoms with E-state index in [9.17, 15) is 24.9 Å². The van der Waals surface area contributed by atoms with E-state index in [0.29, 0.717) is 44.4 Å². The van der Waals surface area contributed by atoms with Crippen molar-refractivity contribution >= 4 is 11.8 Å². The summed E-state index contributed by atoms with van der Waals surface area (Å²) in [6.07, 6.45) is 6.16. The minimum absolute atomic E-state index is 0.204. The van der Waals surface area contributed by atoms with E-state index in [1.807, 2.05) is 19.9 Å². The molecule has 5 heteroatoms. The lowest BCUT2D eigenvalue weighted by Gasteiger charge is -2.60. The minimum Gasteiger partial charge on any atom is -0.481 e. The molecule has 0 bridgehead atoms. The van der Waals surface area contributed by atoms with Crippen LogP contribution in [-0.4, -0.2) is 39.3 Å². The van der Waals surface area contributed by atoms with Gasteiger partial charge in [-0.25, -0.2) is 0 Å². The molecule has 4 rings (SSSR count). The molecule has 3 N–H and O–H groups in total. The van der Waals surface area contributed by atoms with Crippen LogP contribution in [0.4, 0.5) is 0 Å². The van der Waals surface area contributed by atoms with E-state index in [1.165, 1.54) is 5.57 Å². The summed E-state index contributed by atoms with van der Waals surface area (Å²) in [5.41, 5.74) is 1.41. The van der Waals surface area contributed by atoms with Crippen LogP contribution in [0.25, 0.3) is 0 Å². The summed E-state index contributed by atoms with van der Waals surface area (Å²) < 4.78 is 0. The predicted octanol–water partition coefficient (Wildman–Crippen LogP) is 5.72. The molecular weight excluding hydrogens is 452 g/mol. The quantitative estimate of drug-likeness (QED) is 0.408. The van der Waals surface area contributed by atoms with E-state index in [-0.39, 0.29) is 17.1 Å². The number of ketones is 1. The maximum absolute atomic E-state index is 12.8. The third-order valence-corrected chi connectivity index (χ3v) is 11.3. The second-order valence-electron chi connectivity index (χ2n) is 13.8. The molecule has 4 aliphatic carbocycles. The van der Waals surface area contributed by atoms with Gasteiger partial charge in [0.25, 0.3) is 0 Å². The van der Waals surface area contributed by atoms with Crippen LogP contribution in [-0.2, 0) is 9.59 Å².